The molecule has 7 N–H and O–H groups in total. The number of anilines is 2. The Labute approximate surface area is 302 Å². The van der Waals surface area contributed by atoms with E-state index in [-0.39, 0.29) is 18.4 Å². The van der Waals surface area contributed by atoms with Crippen LogP contribution in [0.2, 0.25) is 0 Å². The first kappa shape index (κ1) is 36.8. The lowest BCUT2D eigenvalue weighted by atomic mass is 9.66. The van der Waals surface area contributed by atoms with Crippen molar-refractivity contribution in [2.75, 3.05) is 58.2 Å². The van der Waals surface area contributed by atoms with E-state index in [4.69, 9.17) is 10.5 Å². The maximum atomic E-state index is 11.6. The van der Waals surface area contributed by atoms with Gasteiger partial charge in [-0.25, -0.2) is 5.32 Å². The number of aliphatic hydroxyl groups excluding tert-OH is 2. The summed E-state index contributed by atoms with van der Waals surface area (Å²) in [5, 5.41) is 34.2. The van der Waals surface area contributed by atoms with Gasteiger partial charge in [0, 0.05) is 18.6 Å². The van der Waals surface area contributed by atoms with E-state index in [9.17, 15) is 10.2 Å². The number of nitrogens with zero attached hydrogens (tertiary/aromatic N) is 4. The van der Waals surface area contributed by atoms with Crippen molar-refractivity contribution in [3.8, 4) is 0 Å². The van der Waals surface area contributed by atoms with Crippen molar-refractivity contribution >= 4 is 11.4 Å². The predicted molar refractivity (Wildman–Crippen MR) is 200 cm³/mol. The summed E-state index contributed by atoms with van der Waals surface area (Å²) >= 11 is 0. The van der Waals surface area contributed by atoms with Gasteiger partial charge in [-0.05, 0) is 94.2 Å². The molecule has 0 radical (unpaired) electrons. The number of ether oxygens (including phenoxy) is 1. The summed E-state index contributed by atoms with van der Waals surface area (Å²) in [6.07, 6.45) is 9.54. The Morgan fingerprint density at radius 1 is 1.06 bits per heavy atom. The average Bonchev–Trinajstić information content (AvgIpc) is 3.67. The number of rotatable bonds is 13. The molecule has 2 aliphatic carbocycles. The van der Waals surface area contributed by atoms with E-state index >= 15 is 0 Å². The Morgan fingerprint density at radius 3 is 2.48 bits per heavy atom. The molecule has 4 aliphatic heterocycles. The molecular weight excluding hydrogens is 628 g/mol. The van der Waals surface area contributed by atoms with E-state index in [1.807, 2.05) is 0 Å². The van der Waals surface area contributed by atoms with E-state index in [0.29, 0.717) is 36.1 Å². The summed E-state index contributed by atoms with van der Waals surface area (Å²) in [7, 11) is 6.82. The molecule has 0 spiro atoms. The molecule has 282 valence electrons. The maximum absolute atomic E-state index is 11.6. The van der Waals surface area contributed by atoms with Crippen molar-refractivity contribution in [3.63, 3.8) is 0 Å². The van der Waals surface area contributed by atoms with Crippen LogP contribution in [0.3, 0.4) is 0 Å². The number of aliphatic hydroxyl groups is 2. The van der Waals surface area contributed by atoms with E-state index < -0.39 is 24.5 Å². The van der Waals surface area contributed by atoms with E-state index in [1.165, 1.54) is 68.3 Å². The molecule has 2 saturated carbocycles. The van der Waals surface area contributed by atoms with E-state index in [0.717, 1.165) is 41.7 Å². The molecule has 3 saturated heterocycles. The van der Waals surface area contributed by atoms with Gasteiger partial charge in [0.2, 0.25) is 6.17 Å². The predicted octanol–water partition coefficient (Wildman–Crippen LogP) is 3.53. The van der Waals surface area contributed by atoms with Crippen LogP contribution in [0.5, 0.6) is 0 Å². The van der Waals surface area contributed by atoms with Crippen molar-refractivity contribution in [3.05, 3.63) is 23.8 Å². The number of likely N-dealkylation sites (N-methyl/N-ethyl adjacent to an activating group) is 2. The SMILES string of the molecule is CCCCC[N+]1(C)CNC(N)C2C1N([C@@H]1O[C@H](CN(C(C)C)C3CC(CCC4Nc5ccc(C6(C)CCC6)cc5N4)C3)[C@@H](O)[C@H]1O)C[N+]2(C)C. The van der Waals surface area contributed by atoms with Gasteiger partial charge in [0.25, 0.3) is 0 Å². The molecule has 0 aromatic heterocycles. The molecule has 7 rings (SSSR count). The smallest absolute Gasteiger partial charge is 0.208 e. The normalized spacial score (nSPS) is 40.2. The highest BCUT2D eigenvalue weighted by Gasteiger charge is 2.65. The number of hydrogen-bond acceptors (Lipinski definition) is 9. The van der Waals surface area contributed by atoms with Crippen LogP contribution in [0.4, 0.5) is 11.4 Å². The second-order valence-electron chi connectivity index (χ2n) is 18.6. The fraction of sp³-hybridized carbons (Fsp3) is 0.846. The Morgan fingerprint density at radius 2 is 1.80 bits per heavy atom. The quantitative estimate of drug-likeness (QED) is 0.136. The largest absolute Gasteiger partial charge is 0.387 e. The van der Waals surface area contributed by atoms with Crippen LogP contribution in [0.1, 0.15) is 97.5 Å². The first-order valence-electron chi connectivity index (χ1n) is 20.1. The van der Waals surface area contributed by atoms with Gasteiger partial charge in [0.1, 0.15) is 44.0 Å². The summed E-state index contributed by atoms with van der Waals surface area (Å²) in [4.78, 5) is 4.89. The van der Waals surface area contributed by atoms with Gasteiger partial charge in [-0.3, -0.25) is 9.38 Å². The van der Waals surface area contributed by atoms with Crippen molar-refractivity contribution in [1.29, 1.82) is 0 Å². The van der Waals surface area contributed by atoms with Crippen LogP contribution in [0.15, 0.2) is 18.2 Å². The Balaban J connectivity index is 0.943. The van der Waals surface area contributed by atoms with Gasteiger partial charge in [-0.15, -0.1) is 0 Å². The molecule has 5 fully saturated rings. The second-order valence-corrected chi connectivity index (χ2v) is 18.6. The number of nitrogens with one attached hydrogen (secondary N) is 3. The van der Waals surface area contributed by atoms with E-state index in [1.54, 1.807) is 0 Å². The molecule has 5 unspecified atom stereocenters. The number of benzene rings is 1. The Bertz CT molecular complexity index is 1340. The van der Waals surface area contributed by atoms with Gasteiger partial charge >= 0.3 is 0 Å². The lowest BCUT2D eigenvalue weighted by Crippen LogP contribution is -2.77. The molecule has 11 nitrogen and oxygen atoms in total. The van der Waals surface area contributed by atoms with Gasteiger partial charge in [-0.1, -0.05) is 32.8 Å². The number of hydrogen-bond donors (Lipinski definition) is 6. The van der Waals surface area contributed by atoms with Crippen molar-refractivity contribution in [1.82, 2.24) is 15.1 Å². The minimum absolute atomic E-state index is 0.0991. The van der Waals surface area contributed by atoms with Crippen LogP contribution in [0.25, 0.3) is 0 Å². The first-order valence-corrected chi connectivity index (χ1v) is 20.1. The van der Waals surface area contributed by atoms with Crippen LogP contribution in [0, 0.1) is 5.92 Å². The van der Waals surface area contributed by atoms with Gasteiger partial charge in [0.15, 0.2) is 6.04 Å². The maximum Gasteiger partial charge on any atom is 0.208 e. The molecule has 1 aromatic rings. The van der Waals surface area contributed by atoms with Crippen LogP contribution >= 0.6 is 0 Å². The average molecular weight is 699 g/mol. The van der Waals surface area contributed by atoms with Crippen molar-refractivity contribution < 1.29 is 23.9 Å². The molecule has 1 aromatic carbocycles. The molecule has 4 heterocycles. The first-order chi connectivity index (χ1) is 23.7. The molecule has 0 bridgehead atoms. The zero-order valence-corrected chi connectivity index (χ0v) is 32.2. The minimum atomic E-state index is -0.958. The molecule has 50 heavy (non-hydrogen) atoms. The molecular formula is C39H70N8O3+2. The molecule has 9 atom stereocenters. The van der Waals surface area contributed by atoms with Gasteiger partial charge < -0.3 is 35.8 Å². The summed E-state index contributed by atoms with van der Waals surface area (Å²) in [6, 6.07) is 7.95. The summed E-state index contributed by atoms with van der Waals surface area (Å²) in [5.74, 6) is 0.708. The summed E-state index contributed by atoms with van der Waals surface area (Å²) < 4.78 is 8.32. The monoisotopic (exact) mass is 699 g/mol. The number of nitrogens with two attached hydrogens (primary N) is 1. The number of quaternary nitrogens is 2. The molecule has 11 heteroatoms. The van der Waals surface area contributed by atoms with Crippen molar-refractivity contribution in [2.45, 2.75) is 158 Å². The lowest BCUT2D eigenvalue weighted by molar-refractivity contribution is -0.982. The van der Waals surface area contributed by atoms with E-state index in [2.05, 4.69) is 92.8 Å². The van der Waals surface area contributed by atoms with Gasteiger partial charge in [0.05, 0.1) is 45.2 Å². The molecule has 6 aliphatic rings. The zero-order valence-electron chi connectivity index (χ0n) is 32.2. The highest BCUT2D eigenvalue weighted by molar-refractivity contribution is 5.75. The summed E-state index contributed by atoms with van der Waals surface area (Å²) in [5.41, 5.74) is 11.1. The highest BCUT2D eigenvalue weighted by Crippen LogP contribution is 2.46. The third-order valence-electron chi connectivity index (χ3n) is 14.0. The zero-order chi connectivity index (χ0) is 35.6. The number of fused-ring (bicyclic) bond motifs is 2. The van der Waals surface area contributed by atoms with Crippen LogP contribution < -0.4 is 21.7 Å². The molecule has 0 amide bonds. The van der Waals surface area contributed by atoms with Crippen LogP contribution in [-0.4, -0.2) is 138 Å². The van der Waals surface area contributed by atoms with Crippen LogP contribution in [-0.2, 0) is 10.2 Å². The standard InChI is InChI=1S/C39H70N8O3/c1-8-9-10-18-47(7)23-41-36(40)33-37(47)45(24-46(33,5)6)38-35(49)34(48)31(50-38)22-44(25(2)3)28-19-26(20-28)12-15-32-42-29-14-13-27(21-30(29)43-32)39(4)16-11-17-39/h13-14,21,25-26,28,31-38,41-43,48-49H,8-12,15-20,22-24,40H2,1-7H3/q+2/t26?,28?,31-,32?,33?,34-,35-,36?,37?,38-,47?/m1/s1. The fourth-order valence-corrected chi connectivity index (χ4v) is 10.7. The minimum Gasteiger partial charge on any atom is -0.387 e. The third-order valence-corrected chi connectivity index (χ3v) is 14.0. The Kier molecular flexibility index (Phi) is 10.3. The Hall–Kier alpha value is -1.54. The fourth-order valence-electron chi connectivity index (χ4n) is 10.7. The second kappa shape index (κ2) is 14.0. The third kappa shape index (κ3) is 6.73. The van der Waals surface area contributed by atoms with Gasteiger partial charge in [-0.2, -0.15) is 4.90 Å². The number of unbranched alkanes of at least 4 members (excludes halogenated alkanes) is 2. The topological polar surface area (TPSA) is 118 Å². The highest BCUT2D eigenvalue weighted by atomic mass is 16.6. The van der Waals surface area contributed by atoms with Crippen molar-refractivity contribution in [2.24, 2.45) is 11.7 Å². The summed E-state index contributed by atoms with van der Waals surface area (Å²) in [6.45, 7) is 12.4. The lowest BCUT2D eigenvalue weighted by Gasteiger charge is -2.50.